The number of hydrogen-bond acceptors (Lipinski definition) is 5. The van der Waals surface area contributed by atoms with E-state index in [0.717, 1.165) is 0 Å². The van der Waals surface area contributed by atoms with E-state index in [2.05, 4.69) is 30.9 Å². The third-order valence-electron chi connectivity index (χ3n) is 1.74. The van der Waals surface area contributed by atoms with E-state index < -0.39 is 0 Å². The lowest BCUT2D eigenvalue weighted by Crippen LogP contribution is -2.23. The molecule has 0 aliphatic heterocycles. The molecule has 2 rings (SSSR count). The van der Waals surface area contributed by atoms with E-state index in [1.807, 2.05) is 0 Å². The van der Waals surface area contributed by atoms with Gasteiger partial charge < -0.3 is 5.32 Å². The lowest BCUT2D eigenvalue weighted by molar-refractivity contribution is 0.0950. The maximum Gasteiger partial charge on any atom is 0.251 e. The first-order chi connectivity index (χ1) is 7.36. The number of tetrazole rings is 1. The first kappa shape index (κ1) is 9.25. The Balaban J connectivity index is 1.94. The van der Waals surface area contributed by atoms with Crippen LogP contribution in [0.25, 0.3) is 0 Å². The molecule has 0 fully saturated rings. The van der Waals surface area contributed by atoms with Gasteiger partial charge in [-0.25, -0.2) is 0 Å². The van der Waals surface area contributed by atoms with Crippen LogP contribution < -0.4 is 5.32 Å². The number of aromatic amines is 1. The first-order valence-corrected chi connectivity index (χ1v) is 4.27. The summed E-state index contributed by atoms with van der Waals surface area (Å²) < 4.78 is 0. The molecule has 0 aliphatic carbocycles. The SMILES string of the molecule is O=C(NCc1nn[nH]n1)c1ccncc1. The Kier molecular flexibility index (Phi) is 2.63. The Bertz CT molecular complexity index is 426. The second-order valence-corrected chi connectivity index (χ2v) is 2.75. The van der Waals surface area contributed by atoms with Gasteiger partial charge >= 0.3 is 0 Å². The van der Waals surface area contributed by atoms with Gasteiger partial charge in [0.25, 0.3) is 5.91 Å². The van der Waals surface area contributed by atoms with E-state index in [1.165, 1.54) is 0 Å². The van der Waals surface area contributed by atoms with E-state index in [-0.39, 0.29) is 12.5 Å². The Morgan fingerprint density at radius 3 is 2.87 bits per heavy atom. The minimum absolute atomic E-state index is 0.192. The Hall–Kier alpha value is -2.31. The monoisotopic (exact) mass is 204 g/mol. The average Bonchev–Trinajstić information content (AvgIpc) is 2.80. The van der Waals surface area contributed by atoms with Crippen molar-refractivity contribution in [2.24, 2.45) is 0 Å². The van der Waals surface area contributed by atoms with Gasteiger partial charge in [0.1, 0.15) is 0 Å². The van der Waals surface area contributed by atoms with E-state index in [9.17, 15) is 4.79 Å². The predicted molar refractivity (Wildman–Crippen MR) is 49.6 cm³/mol. The van der Waals surface area contributed by atoms with Crippen LogP contribution in [0.4, 0.5) is 0 Å². The molecule has 0 aromatic carbocycles. The van der Waals surface area contributed by atoms with Crippen molar-refractivity contribution in [1.29, 1.82) is 0 Å². The quantitative estimate of drug-likeness (QED) is 0.704. The number of nitrogens with zero attached hydrogens (tertiary/aromatic N) is 4. The van der Waals surface area contributed by atoms with Crippen LogP contribution in [0.3, 0.4) is 0 Å². The average molecular weight is 204 g/mol. The topological polar surface area (TPSA) is 96.5 Å². The van der Waals surface area contributed by atoms with Crippen LogP contribution >= 0.6 is 0 Å². The normalized spacial score (nSPS) is 9.87. The molecule has 2 aromatic heterocycles. The Morgan fingerprint density at radius 1 is 1.40 bits per heavy atom. The van der Waals surface area contributed by atoms with Crippen molar-refractivity contribution in [2.45, 2.75) is 6.54 Å². The Morgan fingerprint density at radius 2 is 2.20 bits per heavy atom. The van der Waals surface area contributed by atoms with Crippen molar-refractivity contribution in [3.05, 3.63) is 35.9 Å². The van der Waals surface area contributed by atoms with Crippen LogP contribution in [0.2, 0.25) is 0 Å². The van der Waals surface area contributed by atoms with Gasteiger partial charge in [0.2, 0.25) is 0 Å². The number of H-pyrrole nitrogens is 1. The van der Waals surface area contributed by atoms with Gasteiger partial charge in [-0.05, 0) is 12.1 Å². The summed E-state index contributed by atoms with van der Waals surface area (Å²) in [5, 5.41) is 15.7. The van der Waals surface area contributed by atoms with Crippen LogP contribution in [0.5, 0.6) is 0 Å². The highest BCUT2D eigenvalue weighted by atomic mass is 16.1. The molecule has 1 amide bonds. The largest absolute Gasteiger partial charge is 0.345 e. The summed E-state index contributed by atoms with van der Waals surface area (Å²) in [7, 11) is 0. The molecule has 2 aromatic rings. The number of carbonyl (C=O) groups excluding carboxylic acids is 1. The molecule has 0 aliphatic rings. The van der Waals surface area contributed by atoms with Crippen LogP contribution in [-0.4, -0.2) is 31.5 Å². The summed E-state index contributed by atoms with van der Waals surface area (Å²) in [6.45, 7) is 0.248. The van der Waals surface area contributed by atoms with Gasteiger partial charge in [-0.3, -0.25) is 9.78 Å². The molecule has 2 N–H and O–H groups in total. The maximum absolute atomic E-state index is 11.5. The van der Waals surface area contributed by atoms with Crippen molar-refractivity contribution in [2.75, 3.05) is 0 Å². The molecular weight excluding hydrogens is 196 g/mol. The van der Waals surface area contributed by atoms with Crippen LogP contribution in [0.1, 0.15) is 16.2 Å². The van der Waals surface area contributed by atoms with Gasteiger partial charge in [0.15, 0.2) is 5.82 Å². The van der Waals surface area contributed by atoms with Crippen molar-refractivity contribution >= 4 is 5.91 Å². The molecule has 0 spiro atoms. The highest BCUT2D eigenvalue weighted by Gasteiger charge is 2.05. The summed E-state index contributed by atoms with van der Waals surface area (Å²) in [5.74, 6) is 0.250. The summed E-state index contributed by atoms with van der Waals surface area (Å²) in [6, 6.07) is 3.26. The molecule has 2 heterocycles. The number of pyridine rings is 1. The molecule has 0 saturated heterocycles. The van der Waals surface area contributed by atoms with Crippen molar-refractivity contribution in [1.82, 2.24) is 30.9 Å². The maximum atomic E-state index is 11.5. The number of aromatic nitrogens is 5. The Labute approximate surface area is 84.9 Å². The highest BCUT2D eigenvalue weighted by Crippen LogP contribution is 1.95. The molecule has 7 heteroatoms. The fourth-order valence-corrected chi connectivity index (χ4v) is 1.02. The van der Waals surface area contributed by atoms with E-state index in [0.29, 0.717) is 11.4 Å². The predicted octanol–water partition coefficient (Wildman–Crippen LogP) is -0.475. The number of amides is 1. The van der Waals surface area contributed by atoms with Gasteiger partial charge in [-0.1, -0.05) is 5.21 Å². The zero-order chi connectivity index (χ0) is 10.5. The molecule has 0 saturated carbocycles. The molecule has 0 radical (unpaired) electrons. The van der Waals surface area contributed by atoms with Gasteiger partial charge in [0.05, 0.1) is 6.54 Å². The van der Waals surface area contributed by atoms with E-state index >= 15 is 0 Å². The number of rotatable bonds is 3. The molecule has 0 atom stereocenters. The van der Waals surface area contributed by atoms with Gasteiger partial charge in [-0.15, -0.1) is 10.2 Å². The molecule has 0 bridgehead atoms. The van der Waals surface area contributed by atoms with Crippen molar-refractivity contribution in [3.8, 4) is 0 Å². The summed E-state index contributed by atoms with van der Waals surface area (Å²) >= 11 is 0. The summed E-state index contributed by atoms with van der Waals surface area (Å²) in [5.41, 5.74) is 0.550. The van der Waals surface area contributed by atoms with Crippen molar-refractivity contribution in [3.63, 3.8) is 0 Å². The smallest absolute Gasteiger partial charge is 0.251 e. The lowest BCUT2D eigenvalue weighted by Gasteiger charge is -2.00. The summed E-state index contributed by atoms with van der Waals surface area (Å²) in [4.78, 5) is 15.3. The molecular formula is C8H8N6O. The minimum Gasteiger partial charge on any atom is -0.345 e. The van der Waals surface area contributed by atoms with Crippen LogP contribution in [-0.2, 0) is 6.54 Å². The summed E-state index contributed by atoms with van der Waals surface area (Å²) in [6.07, 6.45) is 3.12. The molecule has 15 heavy (non-hydrogen) atoms. The van der Waals surface area contributed by atoms with E-state index in [4.69, 9.17) is 0 Å². The molecule has 7 nitrogen and oxygen atoms in total. The first-order valence-electron chi connectivity index (χ1n) is 4.27. The van der Waals surface area contributed by atoms with Crippen molar-refractivity contribution < 1.29 is 4.79 Å². The highest BCUT2D eigenvalue weighted by molar-refractivity contribution is 5.93. The third-order valence-corrected chi connectivity index (χ3v) is 1.74. The lowest BCUT2D eigenvalue weighted by atomic mass is 10.2. The fraction of sp³-hybridized carbons (Fsp3) is 0.125. The van der Waals surface area contributed by atoms with E-state index in [1.54, 1.807) is 24.5 Å². The standard InChI is InChI=1S/C8H8N6O/c15-8(6-1-3-9-4-2-6)10-5-7-11-13-14-12-7/h1-4H,5H2,(H,10,15)(H,11,12,13,14). The zero-order valence-electron chi connectivity index (χ0n) is 7.71. The molecule has 76 valence electrons. The third kappa shape index (κ3) is 2.33. The fourth-order valence-electron chi connectivity index (χ4n) is 1.02. The zero-order valence-corrected chi connectivity index (χ0v) is 7.71. The minimum atomic E-state index is -0.192. The second-order valence-electron chi connectivity index (χ2n) is 2.75. The van der Waals surface area contributed by atoms with Gasteiger partial charge in [0, 0.05) is 18.0 Å². The van der Waals surface area contributed by atoms with Crippen LogP contribution in [0, 0.1) is 0 Å². The molecule has 0 unspecified atom stereocenters. The second kappa shape index (κ2) is 4.27. The van der Waals surface area contributed by atoms with Gasteiger partial charge in [-0.2, -0.15) is 5.21 Å². The number of nitrogens with one attached hydrogen (secondary N) is 2. The number of hydrogen-bond donors (Lipinski definition) is 2. The number of carbonyl (C=O) groups is 1. The van der Waals surface area contributed by atoms with Crippen LogP contribution in [0.15, 0.2) is 24.5 Å².